The summed E-state index contributed by atoms with van der Waals surface area (Å²) in [4.78, 5) is 6.46. The maximum Gasteiger partial charge on any atom is 0.231 e. The number of rotatable bonds is 5. The second-order valence-electron chi connectivity index (χ2n) is 6.49. The van der Waals surface area contributed by atoms with Crippen LogP contribution in [0.3, 0.4) is 0 Å². The van der Waals surface area contributed by atoms with Crippen LogP contribution in [0.4, 0.5) is 5.95 Å². The Labute approximate surface area is 146 Å². The molecule has 0 bridgehead atoms. The molecule has 0 saturated carbocycles. The molecule has 2 aromatic rings. The third kappa shape index (κ3) is 3.98. The normalized spacial score (nSPS) is 20.0. The Kier molecular flexibility index (Phi) is 4.78. The van der Waals surface area contributed by atoms with Crippen molar-refractivity contribution in [3.63, 3.8) is 0 Å². The van der Waals surface area contributed by atoms with Gasteiger partial charge in [0.25, 0.3) is 0 Å². The molecule has 0 amide bonds. The quantitative estimate of drug-likeness (QED) is 0.809. The molecule has 0 radical (unpaired) electrons. The lowest BCUT2D eigenvalue weighted by molar-refractivity contribution is 0.330. The molecule has 1 fully saturated rings. The van der Waals surface area contributed by atoms with Crippen molar-refractivity contribution >= 4 is 16.0 Å². The lowest BCUT2D eigenvalue weighted by Crippen LogP contribution is -2.36. The molecule has 10 nitrogen and oxygen atoms in total. The zero-order valence-electron chi connectivity index (χ0n) is 14.8. The van der Waals surface area contributed by atoms with E-state index in [9.17, 15) is 8.42 Å². The van der Waals surface area contributed by atoms with Gasteiger partial charge in [-0.15, -0.1) is 10.2 Å². The van der Waals surface area contributed by atoms with Gasteiger partial charge in [-0.1, -0.05) is 5.16 Å². The van der Waals surface area contributed by atoms with E-state index < -0.39 is 16.1 Å². The predicted molar refractivity (Wildman–Crippen MR) is 90.6 cm³/mol. The van der Waals surface area contributed by atoms with Crippen LogP contribution in [0.2, 0.25) is 0 Å². The first-order valence-electron chi connectivity index (χ1n) is 8.16. The highest BCUT2D eigenvalue weighted by Gasteiger charge is 2.29. The molecular weight excluding hydrogens is 346 g/mol. The monoisotopic (exact) mass is 369 g/mol. The zero-order valence-corrected chi connectivity index (χ0v) is 15.6. The average molecular weight is 369 g/mol. The van der Waals surface area contributed by atoms with E-state index >= 15 is 0 Å². The molecule has 1 aliphatic heterocycles. The van der Waals surface area contributed by atoms with Crippen molar-refractivity contribution in [2.75, 3.05) is 24.2 Å². The van der Waals surface area contributed by atoms with E-state index in [4.69, 9.17) is 4.52 Å². The second kappa shape index (κ2) is 6.71. The van der Waals surface area contributed by atoms with Crippen LogP contribution in [0.15, 0.2) is 4.52 Å². The average Bonchev–Trinajstić information content (AvgIpc) is 3.12. The van der Waals surface area contributed by atoms with Crippen LogP contribution >= 0.6 is 0 Å². The van der Waals surface area contributed by atoms with Crippen LogP contribution in [0, 0.1) is 6.92 Å². The summed E-state index contributed by atoms with van der Waals surface area (Å²) in [6, 6.07) is -0.458. The summed E-state index contributed by atoms with van der Waals surface area (Å²) >= 11 is 0. The molecule has 0 aliphatic carbocycles. The van der Waals surface area contributed by atoms with Crippen LogP contribution in [0.25, 0.3) is 0 Å². The minimum Gasteiger partial charge on any atom is -0.340 e. The molecule has 1 N–H and O–H groups in total. The Balaban J connectivity index is 1.77. The van der Waals surface area contributed by atoms with Gasteiger partial charge in [0, 0.05) is 20.1 Å². The summed E-state index contributed by atoms with van der Waals surface area (Å²) in [6.07, 6.45) is 3.09. The van der Waals surface area contributed by atoms with Crippen molar-refractivity contribution in [2.45, 2.75) is 38.6 Å². The molecule has 1 aliphatic rings. The highest BCUT2D eigenvalue weighted by Crippen LogP contribution is 2.29. The van der Waals surface area contributed by atoms with Crippen molar-refractivity contribution in [1.82, 2.24) is 29.6 Å². The van der Waals surface area contributed by atoms with Gasteiger partial charge in [-0.05, 0) is 26.7 Å². The van der Waals surface area contributed by atoms with Gasteiger partial charge in [0.05, 0.1) is 18.2 Å². The molecule has 0 spiro atoms. The van der Waals surface area contributed by atoms with Crippen LogP contribution in [-0.4, -0.2) is 52.7 Å². The van der Waals surface area contributed by atoms with Crippen molar-refractivity contribution in [3.8, 4) is 0 Å². The molecule has 11 heteroatoms. The maximum absolute atomic E-state index is 11.4. The highest BCUT2D eigenvalue weighted by atomic mass is 32.2. The number of aryl methyl sites for hydroxylation is 1. The maximum atomic E-state index is 11.4. The number of anilines is 1. The van der Waals surface area contributed by atoms with E-state index in [2.05, 4.69) is 30.0 Å². The summed E-state index contributed by atoms with van der Waals surface area (Å²) in [7, 11) is -1.48. The minimum absolute atomic E-state index is 0.154. The van der Waals surface area contributed by atoms with Crippen molar-refractivity contribution in [3.05, 3.63) is 17.5 Å². The third-order valence-electron chi connectivity index (χ3n) is 4.26. The van der Waals surface area contributed by atoms with Crippen LogP contribution < -0.4 is 9.62 Å². The third-order valence-corrected chi connectivity index (χ3v) is 5.04. The smallest absolute Gasteiger partial charge is 0.231 e. The fourth-order valence-electron chi connectivity index (χ4n) is 3.20. The second-order valence-corrected chi connectivity index (χ2v) is 8.27. The van der Waals surface area contributed by atoms with E-state index in [1.165, 1.54) is 0 Å². The van der Waals surface area contributed by atoms with E-state index in [-0.39, 0.29) is 5.92 Å². The number of nitrogens with zero attached hydrogens (tertiary/aromatic N) is 6. The highest BCUT2D eigenvalue weighted by molar-refractivity contribution is 7.88. The largest absolute Gasteiger partial charge is 0.340 e. The van der Waals surface area contributed by atoms with Gasteiger partial charge in [-0.25, -0.2) is 13.1 Å². The first-order valence-corrected chi connectivity index (χ1v) is 10.1. The van der Waals surface area contributed by atoms with E-state index in [1.807, 2.05) is 11.6 Å². The molecule has 2 unspecified atom stereocenters. The molecular formula is C14H23N7O3S. The molecule has 1 saturated heterocycles. The van der Waals surface area contributed by atoms with Crippen molar-refractivity contribution in [2.24, 2.45) is 7.05 Å². The molecule has 0 aromatic carbocycles. The van der Waals surface area contributed by atoms with Crippen molar-refractivity contribution in [1.29, 1.82) is 0 Å². The van der Waals surface area contributed by atoms with E-state index in [0.29, 0.717) is 30.0 Å². The number of aromatic nitrogens is 5. The Hall–Kier alpha value is -2.01. The summed E-state index contributed by atoms with van der Waals surface area (Å²) in [6.45, 7) is 5.11. The summed E-state index contributed by atoms with van der Waals surface area (Å²) in [5.41, 5.74) is 0. The van der Waals surface area contributed by atoms with E-state index in [0.717, 1.165) is 25.6 Å². The first-order chi connectivity index (χ1) is 11.7. The standard InChI is InChI=1S/C14H23N7O3S/c1-9(19-25(4,22)23)12-16-17-14(20(12)3)21-7-5-6-11(8-21)13-15-10(2)18-24-13/h9,11,19H,5-8H2,1-4H3. The Bertz CT molecular complexity index is 844. The molecule has 2 atom stereocenters. The van der Waals surface area contributed by atoms with Crippen LogP contribution in [0.5, 0.6) is 0 Å². The lowest BCUT2D eigenvalue weighted by Gasteiger charge is -2.31. The Morgan fingerprint density at radius 1 is 1.36 bits per heavy atom. The number of hydrogen-bond acceptors (Lipinski definition) is 8. The van der Waals surface area contributed by atoms with Gasteiger partial charge in [0.2, 0.25) is 21.9 Å². The SMILES string of the molecule is Cc1noc(C2CCCN(c3nnc(C(C)NS(C)(=O)=O)n3C)C2)n1. The fraction of sp³-hybridized carbons (Fsp3) is 0.714. The predicted octanol–water partition coefficient (Wildman–Crippen LogP) is 0.501. The number of hydrogen-bond donors (Lipinski definition) is 1. The Morgan fingerprint density at radius 2 is 2.12 bits per heavy atom. The van der Waals surface area contributed by atoms with Gasteiger partial charge in [-0.2, -0.15) is 4.98 Å². The van der Waals surface area contributed by atoms with Gasteiger partial charge in [0.1, 0.15) is 0 Å². The minimum atomic E-state index is -3.32. The molecule has 3 rings (SSSR count). The van der Waals surface area contributed by atoms with Gasteiger partial charge >= 0.3 is 0 Å². The number of piperidine rings is 1. The first kappa shape index (κ1) is 17.8. The molecule has 3 heterocycles. The summed E-state index contributed by atoms with van der Waals surface area (Å²) in [5, 5.41) is 12.3. The van der Waals surface area contributed by atoms with Crippen LogP contribution in [0.1, 0.15) is 49.3 Å². The van der Waals surface area contributed by atoms with Crippen LogP contribution in [-0.2, 0) is 17.1 Å². The summed E-state index contributed by atoms with van der Waals surface area (Å²) < 4.78 is 32.5. The topological polar surface area (TPSA) is 119 Å². The van der Waals surface area contributed by atoms with Gasteiger partial charge in [-0.3, -0.25) is 4.57 Å². The number of nitrogens with one attached hydrogen (secondary N) is 1. The Morgan fingerprint density at radius 3 is 2.76 bits per heavy atom. The zero-order chi connectivity index (χ0) is 18.2. The van der Waals surface area contributed by atoms with Gasteiger partial charge in [0.15, 0.2) is 11.6 Å². The number of sulfonamides is 1. The molecule has 25 heavy (non-hydrogen) atoms. The van der Waals surface area contributed by atoms with Gasteiger partial charge < -0.3 is 9.42 Å². The van der Waals surface area contributed by atoms with E-state index in [1.54, 1.807) is 13.8 Å². The fourth-order valence-corrected chi connectivity index (χ4v) is 3.95. The summed E-state index contributed by atoms with van der Waals surface area (Å²) in [5.74, 6) is 2.71. The van der Waals surface area contributed by atoms with Crippen molar-refractivity contribution < 1.29 is 12.9 Å². The molecule has 2 aromatic heterocycles. The molecule has 138 valence electrons. The lowest BCUT2D eigenvalue weighted by atomic mass is 9.98.